The van der Waals surface area contributed by atoms with Crippen molar-refractivity contribution in [1.29, 1.82) is 0 Å². The molecule has 0 fully saturated rings. The smallest absolute Gasteiger partial charge is 0.109 e. The highest BCUT2D eigenvalue weighted by molar-refractivity contribution is 6.34. The summed E-state index contributed by atoms with van der Waals surface area (Å²) in [6.45, 7) is 2.80. The Bertz CT molecular complexity index is 504. The topological polar surface area (TPSA) is 43.8 Å². The zero-order valence-electron chi connectivity index (χ0n) is 9.57. The van der Waals surface area contributed by atoms with Crippen LogP contribution in [-0.2, 0) is 13.5 Å². The molecule has 0 saturated carbocycles. The van der Waals surface area contributed by atoms with E-state index in [-0.39, 0.29) is 0 Å². The standard InChI is InChI=1S/C12H16ClN3/c1-8(7-14)6-11-15-12-9(13)4-3-5-10(12)16(11)2/h3-5,8H,6-7,14H2,1-2H3. The van der Waals surface area contributed by atoms with Gasteiger partial charge in [-0.25, -0.2) is 4.98 Å². The van der Waals surface area contributed by atoms with Gasteiger partial charge < -0.3 is 10.3 Å². The summed E-state index contributed by atoms with van der Waals surface area (Å²) in [7, 11) is 2.02. The highest BCUT2D eigenvalue weighted by Gasteiger charge is 2.12. The molecule has 0 aliphatic rings. The molecule has 0 radical (unpaired) electrons. The monoisotopic (exact) mass is 237 g/mol. The minimum Gasteiger partial charge on any atom is -0.331 e. The summed E-state index contributed by atoms with van der Waals surface area (Å²) in [5.74, 6) is 1.48. The second kappa shape index (κ2) is 4.44. The molecule has 2 aromatic rings. The van der Waals surface area contributed by atoms with E-state index in [1.807, 2.05) is 25.2 Å². The van der Waals surface area contributed by atoms with Gasteiger partial charge in [-0.05, 0) is 24.6 Å². The Balaban J connectivity index is 2.48. The highest BCUT2D eigenvalue weighted by atomic mass is 35.5. The first kappa shape index (κ1) is 11.4. The van der Waals surface area contributed by atoms with E-state index in [9.17, 15) is 0 Å². The number of hydrogen-bond acceptors (Lipinski definition) is 2. The molecule has 0 aliphatic carbocycles. The average molecular weight is 238 g/mol. The van der Waals surface area contributed by atoms with Gasteiger partial charge in [0.05, 0.1) is 10.5 Å². The molecule has 0 spiro atoms. The van der Waals surface area contributed by atoms with Crippen LogP contribution in [0, 0.1) is 5.92 Å². The zero-order chi connectivity index (χ0) is 11.7. The van der Waals surface area contributed by atoms with E-state index in [1.165, 1.54) is 0 Å². The summed E-state index contributed by atoms with van der Waals surface area (Å²) in [4.78, 5) is 4.58. The first-order valence-corrected chi connectivity index (χ1v) is 5.81. The number of hydrogen-bond donors (Lipinski definition) is 1. The zero-order valence-corrected chi connectivity index (χ0v) is 10.3. The fourth-order valence-electron chi connectivity index (χ4n) is 1.81. The highest BCUT2D eigenvalue weighted by Crippen LogP contribution is 2.23. The Morgan fingerprint density at radius 3 is 2.88 bits per heavy atom. The van der Waals surface area contributed by atoms with E-state index in [2.05, 4.69) is 16.5 Å². The van der Waals surface area contributed by atoms with Crippen LogP contribution in [0.25, 0.3) is 11.0 Å². The van der Waals surface area contributed by atoms with Crippen molar-refractivity contribution in [3.63, 3.8) is 0 Å². The van der Waals surface area contributed by atoms with Gasteiger partial charge in [0.1, 0.15) is 11.3 Å². The van der Waals surface area contributed by atoms with E-state index < -0.39 is 0 Å². The molecule has 4 heteroatoms. The number of aryl methyl sites for hydroxylation is 1. The molecule has 3 nitrogen and oxygen atoms in total. The lowest BCUT2D eigenvalue weighted by Gasteiger charge is -2.07. The van der Waals surface area contributed by atoms with Crippen LogP contribution in [0.4, 0.5) is 0 Å². The van der Waals surface area contributed by atoms with Crippen LogP contribution < -0.4 is 5.73 Å². The summed E-state index contributed by atoms with van der Waals surface area (Å²) in [5.41, 5.74) is 7.59. The van der Waals surface area contributed by atoms with Crippen molar-refractivity contribution in [3.8, 4) is 0 Å². The fourth-order valence-corrected chi connectivity index (χ4v) is 2.02. The molecule has 1 aromatic heterocycles. The molecule has 0 bridgehead atoms. The van der Waals surface area contributed by atoms with Gasteiger partial charge in [0.2, 0.25) is 0 Å². The predicted octanol–water partition coefficient (Wildman–Crippen LogP) is 2.36. The van der Waals surface area contributed by atoms with E-state index in [0.717, 1.165) is 23.3 Å². The van der Waals surface area contributed by atoms with Crippen molar-refractivity contribution in [3.05, 3.63) is 29.0 Å². The molecule has 16 heavy (non-hydrogen) atoms. The first-order chi connectivity index (χ1) is 7.63. The molecule has 1 unspecified atom stereocenters. The van der Waals surface area contributed by atoms with Gasteiger partial charge in [-0.3, -0.25) is 0 Å². The second-order valence-corrected chi connectivity index (χ2v) is 4.65. The number of nitrogens with zero attached hydrogens (tertiary/aromatic N) is 2. The molecular formula is C12H16ClN3. The van der Waals surface area contributed by atoms with Gasteiger partial charge in [0, 0.05) is 13.5 Å². The number of fused-ring (bicyclic) bond motifs is 1. The number of imidazole rings is 1. The minimum absolute atomic E-state index is 0.439. The van der Waals surface area contributed by atoms with E-state index >= 15 is 0 Å². The maximum Gasteiger partial charge on any atom is 0.109 e. The third-order valence-corrected chi connectivity index (χ3v) is 3.19. The SMILES string of the molecule is CC(CN)Cc1nc2c(Cl)cccc2n1C. The molecule has 0 aliphatic heterocycles. The molecule has 0 amide bonds. The van der Waals surface area contributed by atoms with Crippen LogP contribution in [0.5, 0.6) is 0 Å². The number of aromatic nitrogens is 2. The Labute approximate surface area is 100 Å². The van der Waals surface area contributed by atoms with Crippen LogP contribution in [0.15, 0.2) is 18.2 Å². The van der Waals surface area contributed by atoms with Crippen molar-refractivity contribution < 1.29 is 0 Å². The van der Waals surface area contributed by atoms with Crippen LogP contribution in [0.1, 0.15) is 12.7 Å². The maximum absolute atomic E-state index is 6.11. The molecule has 2 rings (SSSR count). The second-order valence-electron chi connectivity index (χ2n) is 4.24. The third kappa shape index (κ3) is 1.93. The Morgan fingerprint density at radius 2 is 2.25 bits per heavy atom. The third-order valence-electron chi connectivity index (χ3n) is 2.89. The van der Waals surface area contributed by atoms with Crippen molar-refractivity contribution in [2.75, 3.05) is 6.54 Å². The summed E-state index contributed by atoms with van der Waals surface area (Å²) < 4.78 is 2.09. The van der Waals surface area contributed by atoms with Crippen LogP contribution in [0.3, 0.4) is 0 Å². The van der Waals surface area contributed by atoms with Gasteiger partial charge in [0.25, 0.3) is 0 Å². The first-order valence-electron chi connectivity index (χ1n) is 5.43. The Hall–Kier alpha value is -1.06. The number of benzene rings is 1. The lowest BCUT2D eigenvalue weighted by molar-refractivity contribution is 0.563. The normalized spacial score (nSPS) is 13.2. The van der Waals surface area contributed by atoms with E-state index in [1.54, 1.807) is 0 Å². The van der Waals surface area contributed by atoms with Gasteiger partial charge in [-0.2, -0.15) is 0 Å². The van der Waals surface area contributed by atoms with Gasteiger partial charge in [0.15, 0.2) is 0 Å². The lowest BCUT2D eigenvalue weighted by Crippen LogP contribution is -2.15. The minimum atomic E-state index is 0.439. The van der Waals surface area contributed by atoms with Crippen LogP contribution in [0.2, 0.25) is 5.02 Å². The van der Waals surface area contributed by atoms with Gasteiger partial charge in [-0.1, -0.05) is 24.6 Å². The maximum atomic E-state index is 6.11. The molecule has 86 valence electrons. The van der Waals surface area contributed by atoms with E-state index in [4.69, 9.17) is 17.3 Å². The molecule has 1 heterocycles. The lowest BCUT2D eigenvalue weighted by atomic mass is 10.1. The Kier molecular flexibility index (Phi) is 3.17. The predicted molar refractivity (Wildman–Crippen MR) is 67.6 cm³/mol. The van der Waals surface area contributed by atoms with Crippen LogP contribution in [-0.4, -0.2) is 16.1 Å². The Morgan fingerprint density at radius 1 is 1.50 bits per heavy atom. The van der Waals surface area contributed by atoms with Crippen molar-refractivity contribution in [2.45, 2.75) is 13.3 Å². The van der Waals surface area contributed by atoms with Crippen molar-refractivity contribution in [1.82, 2.24) is 9.55 Å². The summed E-state index contributed by atoms with van der Waals surface area (Å²) in [6, 6.07) is 5.85. The average Bonchev–Trinajstić information content (AvgIpc) is 2.58. The molecule has 1 aromatic carbocycles. The largest absolute Gasteiger partial charge is 0.331 e. The molecule has 0 saturated heterocycles. The molecular weight excluding hydrogens is 222 g/mol. The summed E-state index contributed by atoms with van der Waals surface area (Å²) in [6.07, 6.45) is 0.887. The number of nitrogens with two attached hydrogens (primary N) is 1. The van der Waals surface area contributed by atoms with Gasteiger partial charge >= 0.3 is 0 Å². The molecule has 1 atom stereocenters. The van der Waals surface area contributed by atoms with Gasteiger partial charge in [-0.15, -0.1) is 0 Å². The quantitative estimate of drug-likeness (QED) is 0.891. The fraction of sp³-hybridized carbons (Fsp3) is 0.417. The molecule has 2 N–H and O–H groups in total. The van der Waals surface area contributed by atoms with Crippen molar-refractivity contribution in [2.24, 2.45) is 18.7 Å². The summed E-state index contributed by atoms with van der Waals surface area (Å²) in [5, 5.41) is 0.708. The number of halogens is 1. The van der Waals surface area contributed by atoms with Crippen LogP contribution >= 0.6 is 11.6 Å². The van der Waals surface area contributed by atoms with Crippen molar-refractivity contribution >= 4 is 22.6 Å². The van der Waals surface area contributed by atoms with E-state index in [0.29, 0.717) is 17.5 Å². The summed E-state index contributed by atoms with van der Waals surface area (Å²) >= 11 is 6.11. The number of para-hydroxylation sites is 1. The number of rotatable bonds is 3.